The summed E-state index contributed by atoms with van der Waals surface area (Å²) in [4.78, 5) is 14.4. The van der Waals surface area contributed by atoms with E-state index in [4.69, 9.17) is 0 Å². The summed E-state index contributed by atoms with van der Waals surface area (Å²) in [6, 6.07) is 18.3. The number of amides is 1. The van der Waals surface area contributed by atoms with Crippen LogP contribution in [-0.2, 0) is 4.79 Å². The van der Waals surface area contributed by atoms with Gasteiger partial charge < -0.3 is 5.32 Å². The molecule has 0 aliphatic carbocycles. The van der Waals surface area contributed by atoms with Gasteiger partial charge in [-0.25, -0.2) is 0 Å². The molecule has 1 aliphatic heterocycles. The molecule has 0 saturated carbocycles. The Morgan fingerprint density at radius 2 is 1.78 bits per heavy atom. The highest BCUT2D eigenvalue weighted by atomic mass is 16.2. The van der Waals surface area contributed by atoms with Crippen molar-refractivity contribution in [3.05, 3.63) is 54.6 Å². The minimum absolute atomic E-state index is 0.0755. The van der Waals surface area contributed by atoms with Crippen molar-refractivity contribution in [2.75, 3.05) is 25.0 Å². The van der Waals surface area contributed by atoms with Crippen LogP contribution in [0.3, 0.4) is 0 Å². The van der Waals surface area contributed by atoms with Crippen LogP contribution < -0.4 is 5.32 Å². The standard InChI is InChI=1S/C20H24N2O/c1-16-6-5-13-22(14-16)15-20(23)21-19-11-9-18(10-12-19)17-7-3-2-4-8-17/h2-4,7-12,16H,5-6,13-15H2,1H3,(H,21,23)/t16-/m0/s1. The van der Waals surface area contributed by atoms with Crippen molar-refractivity contribution >= 4 is 11.6 Å². The van der Waals surface area contributed by atoms with Gasteiger partial charge in [-0.3, -0.25) is 9.69 Å². The predicted octanol–water partition coefficient (Wildman–Crippen LogP) is 4.02. The van der Waals surface area contributed by atoms with Gasteiger partial charge in [-0.15, -0.1) is 0 Å². The molecule has 1 aliphatic rings. The summed E-state index contributed by atoms with van der Waals surface area (Å²) in [6.45, 7) is 4.81. The molecule has 0 bridgehead atoms. The molecule has 2 aromatic rings. The maximum atomic E-state index is 12.2. The van der Waals surface area contributed by atoms with Crippen LogP contribution in [0.25, 0.3) is 11.1 Å². The van der Waals surface area contributed by atoms with E-state index >= 15 is 0 Å². The normalized spacial score (nSPS) is 18.6. The number of hydrogen-bond donors (Lipinski definition) is 1. The smallest absolute Gasteiger partial charge is 0.238 e. The third-order valence-electron chi connectivity index (χ3n) is 4.38. The number of carbonyl (C=O) groups excluding carboxylic acids is 1. The van der Waals surface area contributed by atoms with E-state index in [0.29, 0.717) is 12.5 Å². The summed E-state index contributed by atoms with van der Waals surface area (Å²) in [5.41, 5.74) is 3.21. The number of carbonyl (C=O) groups is 1. The number of anilines is 1. The number of piperidine rings is 1. The van der Waals surface area contributed by atoms with Crippen molar-refractivity contribution in [2.24, 2.45) is 5.92 Å². The summed E-state index contributed by atoms with van der Waals surface area (Å²) in [6.07, 6.45) is 2.47. The van der Waals surface area contributed by atoms with E-state index in [1.807, 2.05) is 42.5 Å². The predicted molar refractivity (Wildman–Crippen MR) is 95.3 cm³/mol. The Hall–Kier alpha value is -2.13. The van der Waals surface area contributed by atoms with Gasteiger partial charge >= 0.3 is 0 Å². The highest BCUT2D eigenvalue weighted by molar-refractivity contribution is 5.92. The summed E-state index contributed by atoms with van der Waals surface area (Å²) in [5, 5.41) is 3.00. The van der Waals surface area contributed by atoms with E-state index < -0.39 is 0 Å². The molecule has 1 saturated heterocycles. The van der Waals surface area contributed by atoms with Crippen molar-refractivity contribution in [3.8, 4) is 11.1 Å². The van der Waals surface area contributed by atoms with Gasteiger partial charge in [0.25, 0.3) is 0 Å². The molecular weight excluding hydrogens is 284 g/mol. The average Bonchev–Trinajstić information content (AvgIpc) is 2.56. The molecule has 2 aromatic carbocycles. The van der Waals surface area contributed by atoms with Crippen molar-refractivity contribution < 1.29 is 4.79 Å². The molecule has 3 heteroatoms. The molecule has 1 amide bonds. The first-order valence-corrected chi connectivity index (χ1v) is 8.38. The Bertz CT molecular complexity index is 636. The van der Waals surface area contributed by atoms with Gasteiger partial charge in [-0.05, 0) is 48.6 Å². The Labute approximate surface area is 138 Å². The summed E-state index contributed by atoms with van der Waals surface area (Å²) < 4.78 is 0. The van der Waals surface area contributed by atoms with Crippen LogP contribution >= 0.6 is 0 Å². The van der Waals surface area contributed by atoms with E-state index in [9.17, 15) is 4.79 Å². The lowest BCUT2D eigenvalue weighted by Gasteiger charge is -2.30. The zero-order chi connectivity index (χ0) is 16.1. The molecule has 23 heavy (non-hydrogen) atoms. The Balaban J connectivity index is 1.56. The van der Waals surface area contributed by atoms with E-state index in [1.165, 1.54) is 18.4 Å². The molecular formula is C20H24N2O. The minimum Gasteiger partial charge on any atom is -0.325 e. The Morgan fingerprint density at radius 1 is 1.09 bits per heavy atom. The van der Waals surface area contributed by atoms with Gasteiger partial charge in [0, 0.05) is 12.2 Å². The lowest BCUT2D eigenvalue weighted by Crippen LogP contribution is -2.39. The quantitative estimate of drug-likeness (QED) is 0.925. The molecule has 1 atom stereocenters. The molecule has 0 radical (unpaired) electrons. The summed E-state index contributed by atoms with van der Waals surface area (Å²) >= 11 is 0. The number of likely N-dealkylation sites (tertiary alicyclic amines) is 1. The lowest BCUT2D eigenvalue weighted by atomic mass is 10.0. The van der Waals surface area contributed by atoms with Crippen molar-refractivity contribution in [1.29, 1.82) is 0 Å². The number of nitrogens with one attached hydrogen (secondary N) is 1. The number of nitrogens with zero attached hydrogens (tertiary/aromatic N) is 1. The van der Waals surface area contributed by atoms with Crippen LogP contribution in [0.15, 0.2) is 54.6 Å². The van der Waals surface area contributed by atoms with Gasteiger partial charge in [0.1, 0.15) is 0 Å². The fourth-order valence-electron chi connectivity index (χ4n) is 3.21. The average molecular weight is 308 g/mol. The van der Waals surface area contributed by atoms with Crippen molar-refractivity contribution in [2.45, 2.75) is 19.8 Å². The first-order valence-electron chi connectivity index (χ1n) is 8.38. The van der Waals surface area contributed by atoms with Crippen molar-refractivity contribution in [3.63, 3.8) is 0 Å². The minimum atomic E-state index is 0.0755. The molecule has 120 valence electrons. The summed E-state index contributed by atoms with van der Waals surface area (Å²) in [5.74, 6) is 0.772. The van der Waals surface area contributed by atoms with Gasteiger partial charge in [0.05, 0.1) is 6.54 Å². The highest BCUT2D eigenvalue weighted by Crippen LogP contribution is 2.21. The lowest BCUT2D eigenvalue weighted by molar-refractivity contribution is -0.117. The maximum Gasteiger partial charge on any atom is 0.238 e. The van der Waals surface area contributed by atoms with E-state index in [1.54, 1.807) is 0 Å². The Morgan fingerprint density at radius 3 is 2.48 bits per heavy atom. The second kappa shape index (κ2) is 7.42. The van der Waals surface area contributed by atoms with E-state index in [2.05, 4.69) is 29.3 Å². The van der Waals surface area contributed by atoms with Gasteiger partial charge in [0.2, 0.25) is 5.91 Å². The maximum absolute atomic E-state index is 12.2. The van der Waals surface area contributed by atoms with Gasteiger partial charge in [0.15, 0.2) is 0 Å². The molecule has 1 fully saturated rings. The second-order valence-electron chi connectivity index (χ2n) is 6.47. The monoisotopic (exact) mass is 308 g/mol. The van der Waals surface area contributed by atoms with Crippen LogP contribution in [0.5, 0.6) is 0 Å². The van der Waals surface area contributed by atoms with Gasteiger partial charge in [-0.2, -0.15) is 0 Å². The van der Waals surface area contributed by atoms with Crippen LogP contribution in [0.4, 0.5) is 5.69 Å². The SMILES string of the molecule is C[C@H]1CCCN(CC(=O)Nc2ccc(-c3ccccc3)cc2)C1. The third-order valence-corrected chi connectivity index (χ3v) is 4.38. The zero-order valence-corrected chi connectivity index (χ0v) is 13.7. The molecule has 0 spiro atoms. The Kier molecular flexibility index (Phi) is 5.09. The zero-order valence-electron chi connectivity index (χ0n) is 13.7. The topological polar surface area (TPSA) is 32.3 Å². The van der Waals surface area contributed by atoms with Crippen LogP contribution in [0.2, 0.25) is 0 Å². The van der Waals surface area contributed by atoms with Crippen LogP contribution in [0.1, 0.15) is 19.8 Å². The van der Waals surface area contributed by atoms with E-state index in [-0.39, 0.29) is 5.91 Å². The highest BCUT2D eigenvalue weighted by Gasteiger charge is 2.18. The van der Waals surface area contributed by atoms with Crippen LogP contribution in [-0.4, -0.2) is 30.4 Å². The first kappa shape index (κ1) is 15.8. The fourth-order valence-corrected chi connectivity index (χ4v) is 3.21. The number of hydrogen-bond acceptors (Lipinski definition) is 2. The molecule has 3 rings (SSSR count). The molecule has 3 nitrogen and oxygen atoms in total. The molecule has 0 aromatic heterocycles. The molecule has 1 heterocycles. The molecule has 0 unspecified atom stereocenters. The second-order valence-corrected chi connectivity index (χ2v) is 6.47. The third kappa shape index (κ3) is 4.42. The van der Waals surface area contributed by atoms with E-state index in [0.717, 1.165) is 24.3 Å². The first-order chi connectivity index (χ1) is 11.2. The summed E-state index contributed by atoms with van der Waals surface area (Å²) in [7, 11) is 0. The number of rotatable bonds is 4. The van der Waals surface area contributed by atoms with Crippen molar-refractivity contribution in [1.82, 2.24) is 4.90 Å². The number of benzene rings is 2. The van der Waals surface area contributed by atoms with Crippen LogP contribution in [0, 0.1) is 5.92 Å². The van der Waals surface area contributed by atoms with Gasteiger partial charge in [-0.1, -0.05) is 49.4 Å². The largest absolute Gasteiger partial charge is 0.325 e. The molecule has 1 N–H and O–H groups in total. The fraction of sp³-hybridized carbons (Fsp3) is 0.350.